The molecule has 10 nitrogen and oxygen atoms in total. The number of piperidine rings is 1. The van der Waals surface area contributed by atoms with E-state index in [1.54, 1.807) is 32.2 Å². The van der Waals surface area contributed by atoms with Crippen molar-refractivity contribution in [3.8, 4) is 11.5 Å². The minimum absolute atomic E-state index is 0.225. The molecule has 33 heavy (non-hydrogen) atoms. The van der Waals surface area contributed by atoms with Gasteiger partial charge in [0.05, 0.1) is 45.7 Å². The number of urea groups is 1. The number of hydrogen-bond donors (Lipinski definition) is 2. The number of esters is 1. The Balaban J connectivity index is 1.63. The summed E-state index contributed by atoms with van der Waals surface area (Å²) in [5.74, 6) is 0.0946. The lowest BCUT2D eigenvalue weighted by atomic mass is 9.94. The van der Waals surface area contributed by atoms with Gasteiger partial charge < -0.3 is 34.3 Å². The summed E-state index contributed by atoms with van der Waals surface area (Å²) in [5.41, 5.74) is 1.59. The minimum atomic E-state index is -0.690. The van der Waals surface area contributed by atoms with Crippen LogP contribution in [0.15, 0.2) is 29.5 Å². The molecule has 2 saturated heterocycles. The van der Waals surface area contributed by atoms with Crippen LogP contribution < -0.4 is 20.1 Å². The smallest absolute Gasteiger partial charge is 0.338 e. The molecule has 1 spiro atoms. The van der Waals surface area contributed by atoms with Crippen LogP contribution >= 0.6 is 0 Å². The Labute approximate surface area is 193 Å². The zero-order valence-corrected chi connectivity index (χ0v) is 19.3. The number of benzene rings is 1. The molecule has 1 atom stereocenters. The van der Waals surface area contributed by atoms with Crippen molar-refractivity contribution in [3.05, 3.63) is 35.0 Å². The van der Waals surface area contributed by atoms with E-state index >= 15 is 0 Å². The second kappa shape index (κ2) is 9.98. The summed E-state index contributed by atoms with van der Waals surface area (Å²) in [7, 11) is 3.09. The van der Waals surface area contributed by atoms with Crippen molar-refractivity contribution in [3.63, 3.8) is 0 Å². The zero-order chi connectivity index (χ0) is 23.4. The number of likely N-dealkylation sites (tertiary alicyclic amines) is 1. The summed E-state index contributed by atoms with van der Waals surface area (Å²) in [6.07, 6.45) is 1.47. The van der Waals surface area contributed by atoms with Gasteiger partial charge in [-0.15, -0.1) is 0 Å². The molecule has 0 saturated carbocycles. The molecule has 3 heterocycles. The third-order valence-corrected chi connectivity index (χ3v) is 6.20. The number of carbonyl (C=O) groups excluding carboxylic acids is 2. The van der Waals surface area contributed by atoms with Gasteiger partial charge in [0.2, 0.25) is 0 Å². The molecule has 0 radical (unpaired) electrons. The Bertz CT molecular complexity index is 917. The van der Waals surface area contributed by atoms with E-state index in [0.29, 0.717) is 48.1 Å². The van der Waals surface area contributed by atoms with E-state index in [9.17, 15) is 9.59 Å². The van der Waals surface area contributed by atoms with E-state index < -0.39 is 17.8 Å². The fourth-order valence-electron chi connectivity index (χ4n) is 4.54. The largest absolute Gasteiger partial charge is 0.493 e. The van der Waals surface area contributed by atoms with Gasteiger partial charge in [-0.25, -0.2) is 9.59 Å². The summed E-state index contributed by atoms with van der Waals surface area (Å²) in [4.78, 5) is 27.8. The number of nitrogens with one attached hydrogen (secondary N) is 2. The first-order valence-corrected chi connectivity index (χ1v) is 11.2. The number of rotatable bonds is 7. The van der Waals surface area contributed by atoms with E-state index in [1.165, 1.54) is 7.11 Å². The van der Waals surface area contributed by atoms with Crippen molar-refractivity contribution in [2.75, 3.05) is 53.7 Å². The second-order valence-corrected chi connectivity index (χ2v) is 8.14. The number of hydrogen-bond acceptors (Lipinski definition) is 8. The summed E-state index contributed by atoms with van der Waals surface area (Å²) >= 11 is 0. The fourth-order valence-corrected chi connectivity index (χ4v) is 4.54. The Morgan fingerprint density at radius 1 is 1.15 bits per heavy atom. The van der Waals surface area contributed by atoms with E-state index in [0.717, 1.165) is 25.9 Å². The molecule has 2 N–H and O–H groups in total. The molecule has 10 heteroatoms. The van der Waals surface area contributed by atoms with Gasteiger partial charge in [0.15, 0.2) is 17.3 Å². The number of ether oxygens (including phenoxy) is 5. The van der Waals surface area contributed by atoms with Gasteiger partial charge in [-0.05, 0) is 24.6 Å². The molecule has 1 aromatic rings. The Hall–Kier alpha value is -2.82. The summed E-state index contributed by atoms with van der Waals surface area (Å²) < 4.78 is 27.7. The summed E-state index contributed by atoms with van der Waals surface area (Å²) in [5, 5.41) is 5.69. The predicted molar refractivity (Wildman–Crippen MR) is 118 cm³/mol. The van der Waals surface area contributed by atoms with Crippen molar-refractivity contribution in [2.24, 2.45) is 0 Å². The maximum absolute atomic E-state index is 13.0. The van der Waals surface area contributed by atoms with Crippen molar-refractivity contribution in [2.45, 2.75) is 31.6 Å². The van der Waals surface area contributed by atoms with Gasteiger partial charge in [-0.1, -0.05) is 6.07 Å². The van der Waals surface area contributed by atoms with E-state index in [4.69, 9.17) is 23.7 Å². The molecule has 0 aromatic heterocycles. The number of nitrogens with zero attached hydrogens (tertiary/aromatic N) is 1. The molecule has 1 unspecified atom stereocenters. The molecule has 2 fully saturated rings. The molecular formula is C23H31N3O7. The highest BCUT2D eigenvalue weighted by atomic mass is 16.7. The summed E-state index contributed by atoms with van der Waals surface area (Å²) in [6.45, 7) is 5.07. The molecule has 0 aliphatic carbocycles. The lowest BCUT2D eigenvalue weighted by Gasteiger charge is -2.39. The standard InChI is InChI=1S/C23H31N3O7/c1-4-31-21(27)19-16(14-26-9-7-23(8-10-26)32-11-12-33-23)24-22(28)25-20(19)15-5-6-17(29-2)18(13-15)30-3/h5-6,13,20H,4,7-12,14H2,1-3H3,(H2,24,25,28). The fraction of sp³-hybridized carbons (Fsp3) is 0.565. The van der Waals surface area contributed by atoms with Crippen LogP contribution in [0.2, 0.25) is 0 Å². The number of methoxy groups -OCH3 is 2. The summed E-state index contributed by atoms with van der Waals surface area (Å²) in [6, 6.07) is 4.23. The predicted octanol–water partition coefficient (Wildman–Crippen LogP) is 1.71. The molecule has 0 bridgehead atoms. The van der Waals surface area contributed by atoms with Crippen LogP contribution in [0.5, 0.6) is 11.5 Å². The van der Waals surface area contributed by atoms with Crippen molar-refractivity contribution in [1.82, 2.24) is 15.5 Å². The zero-order valence-electron chi connectivity index (χ0n) is 19.3. The van der Waals surface area contributed by atoms with E-state index in [1.807, 2.05) is 0 Å². The van der Waals surface area contributed by atoms with Crippen molar-refractivity contribution < 1.29 is 33.3 Å². The Morgan fingerprint density at radius 3 is 2.48 bits per heavy atom. The lowest BCUT2D eigenvalue weighted by molar-refractivity contribution is -0.184. The number of amides is 2. The first-order valence-electron chi connectivity index (χ1n) is 11.2. The Kier molecular flexibility index (Phi) is 7.06. The first-order chi connectivity index (χ1) is 16.0. The van der Waals surface area contributed by atoms with Crippen LogP contribution in [0.4, 0.5) is 4.79 Å². The molecular weight excluding hydrogens is 430 g/mol. The SMILES string of the molecule is CCOC(=O)C1=C(CN2CCC3(CC2)OCCO3)NC(=O)NC1c1ccc(OC)c(OC)c1. The van der Waals surface area contributed by atoms with Gasteiger partial charge in [0.1, 0.15) is 0 Å². The van der Waals surface area contributed by atoms with Crippen molar-refractivity contribution in [1.29, 1.82) is 0 Å². The quantitative estimate of drug-likeness (QED) is 0.591. The molecule has 3 aliphatic rings. The highest BCUT2D eigenvalue weighted by Gasteiger charge is 2.41. The first kappa shape index (κ1) is 23.3. The molecule has 3 aliphatic heterocycles. The average Bonchev–Trinajstić information content (AvgIpc) is 3.28. The molecule has 2 amide bonds. The highest BCUT2D eigenvalue weighted by Crippen LogP contribution is 2.35. The van der Waals surface area contributed by atoms with Crippen LogP contribution in [0.25, 0.3) is 0 Å². The lowest BCUT2D eigenvalue weighted by Crippen LogP contribution is -2.51. The maximum atomic E-state index is 13.0. The van der Waals surface area contributed by atoms with Gasteiger partial charge in [-0.2, -0.15) is 0 Å². The maximum Gasteiger partial charge on any atom is 0.338 e. The normalized spacial score (nSPS) is 22.6. The molecule has 1 aromatic carbocycles. The highest BCUT2D eigenvalue weighted by molar-refractivity contribution is 5.95. The molecule has 4 rings (SSSR count). The van der Waals surface area contributed by atoms with E-state index in [2.05, 4.69) is 15.5 Å². The van der Waals surface area contributed by atoms with Crippen LogP contribution in [-0.2, 0) is 19.0 Å². The van der Waals surface area contributed by atoms with E-state index in [-0.39, 0.29) is 12.6 Å². The van der Waals surface area contributed by atoms with Crippen LogP contribution in [0, 0.1) is 0 Å². The Morgan fingerprint density at radius 2 is 1.85 bits per heavy atom. The minimum Gasteiger partial charge on any atom is -0.493 e. The van der Waals surface area contributed by atoms with Crippen LogP contribution in [-0.4, -0.2) is 76.4 Å². The van der Waals surface area contributed by atoms with Crippen LogP contribution in [0.1, 0.15) is 31.4 Å². The van der Waals surface area contributed by atoms with Crippen molar-refractivity contribution >= 4 is 12.0 Å². The third-order valence-electron chi connectivity index (χ3n) is 6.20. The van der Waals surface area contributed by atoms with Gasteiger partial charge in [0, 0.05) is 38.2 Å². The monoisotopic (exact) mass is 461 g/mol. The topological polar surface area (TPSA) is 108 Å². The third kappa shape index (κ3) is 4.92. The number of carbonyl (C=O) groups is 2. The average molecular weight is 462 g/mol. The second-order valence-electron chi connectivity index (χ2n) is 8.14. The van der Waals surface area contributed by atoms with Gasteiger partial charge >= 0.3 is 12.0 Å². The van der Waals surface area contributed by atoms with Gasteiger partial charge in [-0.3, -0.25) is 4.90 Å². The molecule has 180 valence electrons. The van der Waals surface area contributed by atoms with Gasteiger partial charge in [0.25, 0.3) is 0 Å². The van der Waals surface area contributed by atoms with Crippen LogP contribution in [0.3, 0.4) is 0 Å².